The summed E-state index contributed by atoms with van der Waals surface area (Å²) in [7, 11) is -3.91. The lowest BCUT2D eigenvalue weighted by atomic mass is 10.0. The summed E-state index contributed by atoms with van der Waals surface area (Å²) in [6.07, 6.45) is -4.06. The van der Waals surface area contributed by atoms with Gasteiger partial charge in [-0.25, -0.2) is 17.9 Å². The van der Waals surface area contributed by atoms with Crippen molar-refractivity contribution >= 4 is 16.0 Å². The van der Waals surface area contributed by atoms with Gasteiger partial charge in [-0.15, -0.1) is 0 Å². The van der Waals surface area contributed by atoms with Gasteiger partial charge < -0.3 is 9.84 Å². The highest BCUT2D eigenvalue weighted by molar-refractivity contribution is 7.89. The quantitative estimate of drug-likeness (QED) is 0.426. The average molecular weight is 496 g/mol. The number of aryl methyl sites for hydroxylation is 1. The molecule has 0 spiro atoms. The third kappa shape index (κ3) is 6.15. The number of nitrogens with one attached hydrogen (secondary N) is 1. The fourth-order valence-corrected chi connectivity index (χ4v) is 4.33. The number of ether oxygens (including phenoxy) is 1. The highest BCUT2D eigenvalue weighted by atomic mass is 32.2. The molecule has 3 rings (SSSR count). The number of hydrogen-bond acceptors (Lipinski definition) is 4. The van der Waals surface area contributed by atoms with Crippen LogP contribution in [0.3, 0.4) is 0 Å². The van der Waals surface area contributed by atoms with Gasteiger partial charge in [0.15, 0.2) is 0 Å². The predicted octanol–water partition coefficient (Wildman–Crippen LogP) is 5.58. The number of rotatable bonds is 8. The van der Waals surface area contributed by atoms with E-state index in [0.29, 0.717) is 23.3 Å². The van der Waals surface area contributed by atoms with Crippen LogP contribution in [0.15, 0.2) is 65.6 Å². The van der Waals surface area contributed by atoms with Crippen LogP contribution in [0.5, 0.6) is 11.5 Å². The van der Waals surface area contributed by atoms with Gasteiger partial charge in [0.05, 0.1) is 16.0 Å². The summed E-state index contributed by atoms with van der Waals surface area (Å²) >= 11 is 0. The standard InChI is InChI=1S/C24H22F3NO5S.H2/c1-15-13-21(14-22(16(15)2)23(29)30)34(31,32)28-12-11-17-3-7-19(8-4-17)33-20-9-5-18(6-10-20)24(25,26)27;/h3-10,13-14,28H,11-12H2,1-2H3,(H,29,30);1H. The van der Waals surface area contributed by atoms with Gasteiger partial charge in [-0.05, 0) is 85.5 Å². The van der Waals surface area contributed by atoms with E-state index in [-0.39, 0.29) is 24.2 Å². The third-order valence-corrected chi connectivity index (χ3v) is 6.67. The average Bonchev–Trinajstić information content (AvgIpc) is 2.76. The second-order valence-electron chi connectivity index (χ2n) is 7.63. The van der Waals surface area contributed by atoms with Gasteiger partial charge in [0, 0.05) is 7.97 Å². The molecule has 10 heteroatoms. The van der Waals surface area contributed by atoms with E-state index in [1.807, 2.05) is 0 Å². The predicted molar refractivity (Wildman–Crippen MR) is 122 cm³/mol. The first kappa shape index (κ1) is 25.3. The molecule has 0 aromatic heterocycles. The summed E-state index contributed by atoms with van der Waals surface area (Å²) in [5, 5.41) is 9.29. The maximum atomic E-state index is 12.6. The molecule has 0 bridgehead atoms. The van der Waals surface area contributed by atoms with Crippen LogP contribution in [-0.4, -0.2) is 26.0 Å². The third-order valence-electron chi connectivity index (χ3n) is 5.23. The van der Waals surface area contributed by atoms with Gasteiger partial charge in [0.1, 0.15) is 11.5 Å². The number of alkyl halides is 3. The van der Waals surface area contributed by atoms with E-state index in [9.17, 15) is 31.5 Å². The molecule has 34 heavy (non-hydrogen) atoms. The molecule has 2 N–H and O–H groups in total. The lowest BCUT2D eigenvalue weighted by Gasteiger charge is -2.12. The van der Waals surface area contributed by atoms with E-state index in [0.717, 1.165) is 23.8 Å². The number of sulfonamides is 1. The number of aromatic carboxylic acids is 1. The molecule has 0 saturated heterocycles. The fourth-order valence-electron chi connectivity index (χ4n) is 3.19. The Morgan fingerprint density at radius 2 is 1.56 bits per heavy atom. The van der Waals surface area contributed by atoms with Gasteiger partial charge in [0.2, 0.25) is 10.0 Å². The van der Waals surface area contributed by atoms with Gasteiger partial charge in [-0.2, -0.15) is 13.2 Å². The topological polar surface area (TPSA) is 92.7 Å². The van der Waals surface area contributed by atoms with Gasteiger partial charge in [-0.1, -0.05) is 12.1 Å². The van der Waals surface area contributed by atoms with E-state index >= 15 is 0 Å². The van der Waals surface area contributed by atoms with E-state index in [4.69, 9.17) is 4.74 Å². The highest BCUT2D eigenvalue weighted by Crippen LogP contribution is 2.31. The molecule has 0 heterocycles. The Hall–Kier alpha value is -3.37. The zero-order valence-electron chi connectivity index (χ0n) is 18.3. The largest absolute Gasteiger partial charge is 0.478 e. The number of carboxylic acids is 1. The monoisotopic (exact) mass is 495 g/mol. The summed E-state index contributed by atoms with van der Waals surface area (Å²) in [6, 6.07) is 13.6. The molecule has 0 aliphatic heterocycles. The van der Waals surface area contributed by atoms with Crippen molar-refractivity contribution in [1.29, 1.82) is 0 Å². The molecule has 3 aromatic carbocycles. The smallest absolute Gasteiger partial charge is 0.416 e. The molecule has 0 unspecified atom stereocenters. The van der Waals surface area contributed by atoms with Crippen molar-refractivity contribution < 1.29 is 37.7 Å². The first-order valence-corrected chi connectivity index (χ1v) is 11.6. The molecule has 0 saturated carbocycles. The number of carbonyl (C=O) groups is 1. The number of carboxylic acid groups (broad SMARTS) is 1. The van der Waals surface area contributed by atoms with Crippen LogP contribution in [0.4, 0.5) is 13.2 Å². The van der Waals surface area contributed by atoms with Crippen molar-refractivity contribution in [2.24, 2.45) is 0 Å². The molecule has 3 aromatic rings. The Labute approximate surface area is 196 Å². The molecule has 0 aliphatic rings. The van der Waals surface area contributed by atoms with Crippen LogP contribution in [0.1, 0.15) is 34.0 Å². The lowest BCUT2D eigenvalue weighted by molar-refractivity contribution is -0.137. The first-order chi connectivity index (χ1) is 15.9. The Bertz CT molecular complexity index is 1290. The molecule has 182 valence electrons. The highest BCUT2D eigenvalue weighted by Gasteiger charge is 2.30. The molecule has 0 radical (unpaired) electrons. The van der Waals surface area contributed by atoms with Crippen molar-refractivity contribution in [3.8, 4) is 11.5 Å². The van der Waals surface area contributed by atoms with Crippen LogP contribution >= 0.6 is 0 Å². The van der Waals surface area contributed by atoms with Gasteiger partial charge >= 0.3 is 12.1 Å². The maximum absolute atomic E-state index is 12.6. The summed E-state index contributed by atoms with van der Waals surface area (Å²) in [6.45, 7) is 3.35. The van der Waals surface area contributed by atoms with Crippen LogP contribution in [0.2, 0.25) is 0 Å². The lowest BCUT2D eigenvalue weighted by Crippen LogP contribution is -2.26. The molecule has 0 fully saturated rings. The van der Waals surface area contributed by atoms with E-state index in [2.05, 4.69) is 4.72 Å². The second kappa shape index (κ2) is 9.86. The van der Waals surface area contributed by atoms with Crippen molar-refractivity contribution in [2.75, 3.05) is 6.54 Å². The van der Waals surface area contributed by atoms with E-state index < -0.39 is 27.7 Å². The van der Waals surface area contributed by atoms with Crippen LogP contribution < -0.4 is 9.46 Å². The molecule has 6 nitrogen and oxygen atoms in total. The Morgan fingerprint density at radius 3 is 2.09 bits per heavy atom. The van der Waals surface area contributed by atoms with Crippen molar-refractivity contribution in [2.45, 2.75) is 31.3 Å². The molecule has 0 atom stereocenters. The summed E-state index contributed by atoms with van der Waals surface area (Å²) in [5.41, 5.74) is 1.03. The Kier molecular flexibility index (Phi) is 7.32. The van der Waals surface area contributed by atoms with Crippen LogP contribution in [-0.2, 0) is 22.6 Å². The summed E-state index contributed by atoms with van der Waals surface area (Å²) in [4.78, 5) is 11.3. The Balaban J connectivity index is 0.00000432. The van der Waals surface area contributed by atoms with E-state index in [1.165, 1.54) is 18.2 Å². The van der Waals surface area contributed by atoms with Crippen LogP contribution in [0.25, 0.3) is 0 Å². The van der Waals surface area contributed by atoms with Crippen molar-refractivity contribution in [3.63, 3.8) is 0 Å². The van der Waals surface area contributed by atoms with E-state index in [1.54, 1.807) is 38.1 Å². The molecular weight excluding hydrogens is 471 g/mol. The molecular formula is C24H24F3NO5S. The Morgan fingerprint density at radius 1 is 1.00 bits per heavy atom. The normalized spacial score (nSPS) is 11.9. The zero-order chi connectivity index (χ0) is 25.1. The van der Waals surface area contributed by atoms with Crippen molar-refractivity contribution in [3.05, 3.63) is 88.5 Å². The SMILES string of the molecule is Cc1cc(S(=O)(=O)NCCc2ccc(Oc3ccc(C(F)(F)F)cc3)cc2)cc(C(=O)O)c1C.[HH]. The molecule has 0 amide bonds. The molecule has 0 aliphatic carbocycles. The van der Waals surface area contributed by atoms with Crippen molar-refractivity contribution in [1.82, 2.24) is 4.72 Å². The summed E-state index contributed by atoms with van der Waals surface area (Å²) in [5.74, 6) is -0.528. The minimum atomic E-state index is -4.42. The maximum Gasteiger partial charge on any atom is 0.416 e. The second-order valence-corrected chi connectivity index (χ2v) is 9.40. The van der Waals surface area contributed by atoms with Gasteiger partial charge in [0.25, 0.3) is 0 Å². The number of hydrogen-bond donors (Lipinski definition) is 2. The number of benzene rings is 3. The van der Waals surface area contributed by atoms with Crippen LogP contribution in [0, 0.1) is 13.8 Å². The zero-order valence-corrected chi connectivity index (χ0v) is 19.1. The minimum absolute atomic E-state index is 0. The van der Waals surface area contributed by atoms with Gasteiger partial charge in [-0.3, -0.25) is 0 Å². The number of halogens is 3. The first-order valence-electron chi connectivity index (χ1n) is 10.1. The minimum Gasteiger partial charge on any atom is -0.478 e. The fraction of sp³-hybridized carbons (Fsp3) is 0.208. The summed E-state index contributed by atoms with van der Waals surface area (Å²) < 4.78 is 71.1.